The van der Waals surface area contributed by atoms with Gasteiger partial charge in [-0.2, -0.15) is 0 Å². The Balaban J connectivity index is 2.23. The van der Waals surface area contributed by atoms with E-state index in [1.165, 1.54) is 32.4 Å². The minimum absolute atomic E-state index is 0.0239. The summed E-state index contributed by atoms with van der Waals surface area (Å²) in [6.45, 7) is 0.0239. The zero-order valence-corrected chi connectivity index (χ0v) is 14.8. The van der Waals surface area contributed by atoms with Crippen molar-refractivity contribution in [3.8, 4) is 11.5 Å². The van der Waals surface area contributed by atoms with Crippen LogP contribution in [0.5, 0.6) is 11.5 Å². The van der Waals surface area contributed by atoms with Crippen LogP contribution in [-0.2, 0) is 16.6 Å². The summed E-state index contributed by atoms with van der Waals surface area (Å²) in [6.07, 6.45) is 0. The van der Waals surface area contributed by atoms with Gasteiger partial charge in [-0.3, -0.25) is 0 Å². The molecule has 0 bridgehead atoms. The molecule has 0 unspecified atom stereocenters. The highest BCUT2D eigenvalue weighted by Gasteiger charge is 2.17. The predicted molar refractivity (Wildman–Crippen MR) is 90.0 cm³/mol. The van der Waals surface area contributed by atoms with Crippen molar-refractivity contribution in [1.82, 2.24) is 4.72 Å². The van der Waals surface area contributed by atoms with Crippen molar-refractivity contribution in [3.05, 3.63) is 52.0 Å². The molecular formula is C15H15Cl2NO4S. The van der Waals surface area contributed by atoms with E-state index >= 15 is 0 Å². The van der Waals surface area contributed by atoms with Crippen LogP contribution in [0.2, 0.25) is 10.0 Å². The quantitative estimate of drug-likeness (QED) is 0.838. The van der Waals surface area contributed by atoms with Crippen LogP contribution < -0.4 is 14.2 Å². The maximum atomic E-state index is 12.4. The van der Waals surface area contributed by atoms with E-state index in [9.17, 15) is 8.42 Å². The fourth-order valence-electron chi connectivity index (χ4n) is 1.92. The molecule has 2 aromatic rings. The summed E-state index contributed by atoms with van der Waals surface area (Å²) >= 11 is 11.9. The van der Waals surface area contributed by atoms with Crippen molar-refractivity contribution >= 4 is 33.2 Å². The number of rotatable bonds is 6. The van der Waals surface area contributed by atoms with Gasteiger partial charge in [0, 0.05) is 22.7 Å². The van der Waals surface area contributed by atoms with E-state index in [2.05, 4.69) is 4.72 Å². The standard InChI is InChI=1S/C15H15Cl2NO4S/c1-21-14-6-4-12(8-15(14)22-2)23(19,20)18-9-10-7-11(16)3-5-13(10)17/h3-8,18H,9H2,1-2H3. The molecule has 124 valence electrons. The fraction of sp³-hybridized carbons (Fsp3) is 0.200. The van der Waals surface area contributed by atoms with Crippen molar-refractivity contribution in [1.29, 1.82) is 0 Å². The normalized spacial score (nSPS) is 11.3. The van der Waals surface area contributed by atoms with Crippen LogP contribution in [-0.4, -0.2) is 22.6 Å². The number of sulfonamides is 1. The summed E-state index contributed by atoms with van der Waals surface area (Å²) in [4.78, 5) is 0.0632. The average molecular weight is 376 g/mol. The van der Waals surface area contributed by atoms with Gasteiger partial charge in [0.1, 0.15) is 0 Å². The van der Waals surface area contributed by atoms with Crippen LogP contribution in [0.25, 0.3) is 0 Å². The van der Waals surface area contributed by atoms with E-state index in [0.717, 1.165) is 0 Å². The number of methoxy groups -OCH3 is 2. The van der Waals surface area contributed by atoms with Crippen LogP contribution in [0.3, 0.4) is 0 Å². The molecule has 0 aliphatic carbocycles. The van der Waals surface area contributed by atoms with E-state index in [1.807, 2.05) is 0 Å². The van der Waals surface area contributed by atoms with Crippen LogP contribution >= 0.6 is 23.2 Å². The fourth-order valence-corrected chi connectivity index (χ4v) is 3.32. The number of benzene rings is 2. The molecule has 0 amide bonds. The number of halogens is 2. The third-order valence-corrected chi connectivity index (χ3v) is 5.13. The van der Waals surface area contributed by atoms with Gasteiger partial charge in [-0.25, -0.2) is 13.1 Å². The Morgan fingerprint density at radius 1 is 1.00 bits per heavy atom. The number of nitrogens with one attached hydrogen (secondary N) is 1. The molecule has 23 heavy (non-hydrogen) atoms. The molecule has 0 fully saturated rings. The molecule has 1 N–H and O–H groups in total. The molecule has 0 aromatic heterocycles. The van der Waals surface area contributed by atoms with Gasteiger partial charge in [0.15, 0.2) is 11.5 Å². The van der Waals surface area contributed by atoms with E-state index in [1.54, 1.807) is 18.2 Å². The molecule has 0 aliphatic rings. The summed E-state index contributed by atoms with van der Waals surface area (Å²) in [5.41, 5.74) is 0.586. The topological polar surface area (TPSA) is 64.6 Å². The molecule has 8 heteroatoms. The van der Waals surface area contributed by atoms with E-state index in [-0.39, 0.29) is 11.4 Å². The lowest BCUT2D eigenvalue weighted by Crippen LogP contribution is -2.23. The molecular weight excluding hydrogens is 361 g/mol. The summed E-state index contributed by atoms with van der Waals surface area (Å²) in [7, 11) is -0.817. The number of hydrogen-bond donors (Lipinski definition) is 1. The molecule has 5 nitrogen and oxygen atoms in total. The van der Waals surface area contributed by atoms with Crippen molar-refractivity contribution in [2.45, 2.75) is 11.4 Å². The second-order valence-electron chi connectivity index (χ2n) is 4.58. The summed E-state index contributed by atoms with van der Waals surface area (Å²) in [5, 5.41) is 0.916. The minimum atomic E-state index is -3.73. The largest absolute Gasteiger partial charge is 0.493 e. The Kier molecular flexibility index (Phi) is 5.75. The molecule has 0 aliphatic heterocycles. The monoisotopic (exact) mass is 375 g/mol. The first kappa shape index (κ1) is 17.9. The van der Waals surface area contributed by atoms with Crippen LogP contribution in [0.15, 0.2) is 41.3 Å². The first-order chi connectivity index (χ1) is 10.9. The van der Waals surface area contributed by atoms with Gasteiger partial charge in [-0.1, -0.05) is 23.2 Å². The van der Waals surface area contributed by atoms with Crippen molar-refractivity contribution in [3.63, 3.8) is 0 Å². The van der Waals surface area contributed by atoms with Crippen molar-refractivity contribution in [2.24, 2.45) is 0 Å². The van der Waals surface area contributed by atoms with Crippen LogP contribution in [0, 0.1) is 0 Å². The lowest BCUT2D eigenvalue weighted by molar-refractivity contribution is 0.354. The second kappa shape index (κ2) is 7.40. The first-order valence-electron chi connectivity index (χ1n) is 6.53. The zero-order chi connectivity index (χ0) is 17.0. The SMILES string of the molecule is COc1ccc(S(=O)(=O)NCc2cc(Cl)ccc2Cl)cc1OC. The Morgan fingerprint density at radius 3 is 2.35 bits per heavy atom. The molecule has 2 aromatic carbocycles. The maximum absolute atomic E-state index is 12.4. The van der Waals surface area contributed by atoms with Gasteiger partial charge in [0.2, 0.25) is 10.0 Å². The highest BCUT2D eigenvalue weighted by molar-refractivity contribution is 7.89. The molecule has 0 atom stereocenters. The number of hydrogen-bond acceptors (Lipinski definition) is 4. The van der Waals surface area contributed by atoms with Gasteiger partial charge in [0.25, 0.3) is 0 Å². The van der Waals surface area contributed by atoms with Crippen LogP contribution in [0.4, 0.5) is 0 Å². The van der Waals surface area contributed by atoms with Gasteiger partial charge in [-0.15, -0.1) is 0 Å². The second-order valence-corrected chi connectivity index (χ2v) is 7.19. The van der Waals surface area contributed by atoms with Crippen LogP contribution in [0.1, 0.15) is 5.56 Å². The van der Waals surface area contributed by atoms with Crippen molar-refractivity contribution in [2.75, 3.05) is 14.2 Å². The summed E-state index contributed by atoms with van der Waals surface area (Å²) < 4.78 is 37.5. The molecule has 0 radical (unpaired) electrons. The lowest BCUT2D eigenvalue weighted by atomic mass is 10.2. The molecule has 0 spiro atoms. The molecule has 0 saturated heterocycles. The van der Waals surface area contributed by atoms with Gasteiger partial charge in [0.05, 0.1) is 19.1 Å². The maximum Gasteiger partial charge on any atom is 0.241 e. The minimum Gasteiger partial charge on any atom is -0.493 e. The molecule has 0 heterocycles. The lowest BCUT2D eigenvalue weighted by Gasteiger charge is -2.11. The number of ether oxygens (including phenoxy) is 2. The van der Waals surface area contributed by atoms with Gasteiger partial charge >= 0.3 is 0 Å². The Hall–Kier alpha value is -1.47. The highest BCUT2D eigenvalue weighted by Crippen LogP contribution is 2.29. The van der Waals surface area contributed by atoms with E-state index < -0.39 is 10.0 Å². The van der Waals surface area contributed by atoms with Gasteiger partial charge < -0.3 is 9.47 Å². The van der Waals surface area contributed by atoms with E-state index in [0.29, 0.717) is 27.1 Å². The molecule has 0 saturated carbocycles. The summed E-state index contributed by atoms with van der Waals surface area (Å²) in [5.74, 6) is 0.778. The first-order valence-corrected chi connectivity index (χ1v) is 8.77. The Bertz CT molecular complexity index is 809. The third-order valence-electron chi connectivity index (χ3n) is 3.13. The predicted octanol–water partition coefficient (Wildman–Crippen LogP) is 3.49. The Labute approximate surface area is 145 Å². The Morgan fingerprint density at radius 2 is 1.70 bits per heavy atom. The average Bonchev–Trinajstić information content (AvgIpc) is 2.55. The third kappa shape index (κ3) is 4.29. The van der Waals surface area contributed by atoms with Crippen molar-refractivity contribution < 1.29 is 17.9 Å². The molecule has 2 rings (SSSR count). The van der Waals surface area contributed by atoms with Gasteiger partial charge in [-0.05, 0) is 35.9 Å². The highest BCUT2D eigenvalue weighted by atomic mass is 35.5. The smallest absolute Gasteiger partial charge is 0.241 e. The summed E-state index contributed by atoms with van der Waals surface area (Å²) in [6, 6.07) is 9.21. The van der Waals surface area contributed by atoms with E-state index in [4.69, 9.17) is 32.7 Å². The zero-order valence-electron chi connectivity index (χ0n) is 12.5.